The molecule has 1 N–H and O–H groups in total. The first-order valence-corrected chi connectivity index (χ1v) is 10.8. The Bertz CT molecular complexity index is 1430. The zero-order valence-electron chi connectivity index (χ0n) is 17.7. The number of carbonyl (C=O) groups excluding carboxylic acids is 1. The summed E-state index contributed by atoms with van der Waals surface area (Å²) in [5.41, 5.74) is 1.91. The van der Waals surface area contributed by atoms with Crippen molar-refractivity contribution in [1.29, 1.82) is 0 Å². The quantitative estimate of drug-likeness (QED) is 0.455. The summed E-state index contributed by atoms with van der Waals surface area (Å²) in [5, 5.41) is 10.8. The summed E-state index contributed by atoms with van der Waals surface area (Å²) in [6.45, 7) is 0.353. The van der Waals surface area contributed by atoms with E-state index in [-0.39, 0.29) is 28.4 Å². The minimum absolute atomic E-state index is 0.0258. The topological polar surface area (TPSA) is 80.0 Å². The van der Waals surface area contributed by atoms with Crippen LogP contribution in [0.1, 0.15) is 33.3 Å². The fourth-order valence-electron chi connectivity index (χ4n) is 4.31. The number of phenols is 1. The highest BCUT2D eigenvalue weighted by atomic mass is 35.5. The Morgan fingerprint density at radius 3 is 2.58 bits per heavy atom. The van der Waals surface area contributed by atoms with E-state index in [0.29, 0.717) is 34.5 Å². The van der Waals surface area contributed by atoms with E-state index in [1.54, 1.807) is 54.5 Å². The van der Waals surface area contributed by atoms with Gasteiger partial charge in [0, 0.05) is 11.6 Å². The van der Waals surface area contributed by atoms with Crippen molar-refractivity contribution in [2.45, 2.75) is 12.5 Å². The first kappa shape index (κ1) is 21.1. The van der Waals surface area contributed by atoms with Gasteiger partial charge in [-0.2, -0.15) is 0 Å². The predicted molar refractivity (Wildman–Crippen MR) is 125 cm³/mol. The number of ether oxygens (including phenoxy) is 1. The molecule has 1 amide bonds. The molecule has 4 aromatic rings. The van der Waals surface area contributed by atoms with E-state index in [1.165, 1.54) is 0 Å². The summed E-state index contributed by atoms with van der Waals surface area (Å²) in [6, 6.07) is 18.3. The molecule has 0 saturated heterocycles. The van der Waals surface area contributed by atoms with Crippen LogP contribution in [-0.4, -0.2) is 29.6 Å². The van der Waals surface area contributed by atoms with Crippen molar-refractivity contribution in [3.05, 3.63) is 104 Å². The van der Waals surface area contributed by atoms with Crippen LogP contribution < -0.4 is 10.2 Å². The molecule has 6 nitrogen and oxygen atoms in total. The molecule has 1 aromatic heterocycles. The molecule has 2 heterocycles. The molecule has 166 valence electrons. The largest absolute Gasteiger partial charge is 0.508 e. The maximum absolute atomic E-state index is 13.5. The first-order chi connectivity index (χ1) is 16.0. The number of amides is 1. The van der Waals surface area contributed by atoms with E-state index in [1.807, 2.05) is 24.3 Å². The van der Waals surface area contributed by atoms with E-state index < -0.39 is 6.04 Å². The third-order valence-electron chi connectivity index (χ3n) is 5.91. The third-order valence-corrected chi connectivity index (χ3v) is 6.15. The van der Waals surface area contributed by atoms with Crippen LogP contribution in [0.25, 0.3) is 11.0 Å². The second-order valence-electron chi connectivity index (χ2n) is 7.91. The van der Waals surface area contributed by atoms with Gasteiger partial charge >= 0.3 is 0 Å². The Morgan fingerprint density at radius 2 is 1.85 bits per heavy atom. The Labute approximate surface area is 194 Å². The van der Waals surface area contributed by atoms with Crippen LogP contribution in [0, 0.1) is 0 Å². The van der Waals surface area contributed by atoms with Gasteiger partial charge in [-0.3, -0.25) is 9.59 Å². The van der Waals surface area contributed by atoms with Gasteiger partial charge < -0.3 is 19.2 Å². The molecule has 7 heteroatoms. The highest BCUT2D eigenvalue weighted by molar-refractivity contribution is 6.31. The molecule has 3 aromatic carbocycles. The number of hydrogen-bond donors (Lipinski definition) is 1. The van der Waals surface area contributed by atoms with Gasteiger partial charge in [-0.15, -0.1) is 0 Å². The van der Waals surface area contributed by atoms with Crippen LogP contribution in [0.15, 0.2) is 75.9 Å². The minimum Gasteiger partial charge on any atom is -0.508 e. The second kappa shape index (κ2) is 8.30. The number of phenolic OH excluding ortho intramolecular Hbond substituents is 1. The van der Waals surface area contributed by atoms with Crippen molar-refractivity contribution in [3.63, 3.8) is 0 Å². The monoisotopic (exact) mass is 461 g/mol. The van der Waals surface area contributed by atoms with Gasteiger partial charge in [0.25, 0.3) is 5.91 Å². The van der Waals surface area contributed by atoms with Crippen molar-refractivity contribution in [2.24, 2.45) is 0 Å². The summed E-state index contributed by atoms with van der Waals surface area (Å²) in [5.74, 6) is 0.469. The molecule has 1 aliphatic heterocycles. The number of aromatic hydroxyl groups is 1. The van der Waals surface area contributed by atoms with Crippen molar-refractivity contribution < 1.29 is 19.1 Å². The zero-order chi connectivity index (χ0) is 23.1. The van der Waals surface area contributed by atoms with Crippen molar-refractivity contribution in [3.8, 4) is 11.5 Å². The molecule has 0 fully saturated rings. The predicted octanol–water partition coefficient (Wildman–Crippen LogP) is 4.95. The van der Waals surface area contributed by atoms with Crippen LogP contribution in [0.4, 0.5) is 0 Å². The lowest BCUT2D eigenvalue weighted by Gasteiger charge is -2.25. The summed E-state index contributed by atoms with van der Waals surface area (Å²) in [4.78, 5) is 28.6. The summed E-state index contributed by atoms with van der Waals surface area (Å²) < 4.78 is 11.1. The highest BCUT2D eigenvalue weighted by Crippen LogP contribution is 2.39. The molecule has 0 saturated carbocycles. The van der Waals surface area contributed by atoms with Crippen LogP contribution in [0.5, 0.6) is 11.5 Å². The number of halogens is 1. The molecule has 0 aliphatic carbocycles. The molecule has 1 aliphatic rings. The first-order valence-electron chi connectivity index (χ1n) is 10.5. The second-order valence-corrected chi connectivity index (χ2v) is 8.35. The van der Waals surface area contributed by atoms with Gasteiger partial charge in [-0.05, 0) is 60.0 Å². The van der Waals surface area contributed by atoms with Crippen molar-refractivity contribution in [2.75, 3.05) is 13.7 Å². The van der Waals surface area contributed by atoms with Gasteiger partial charge in [0.2, 0.25) is 5.76 Å². The SMILES string of the molecule is COc1ccc(CCN2C(=O)c3oc4ccc(Cl)cc4c(=O)c3[C@H]2c2cccc(O)c2)cc1. The molecule has 0 spiro atoms. The van der Waals surface area contributed by atoms with Gasteiger partial charge in [-0.1, -0.05) is 35.9 Å². The average Bonchev–Trinajstić information content (AvgIpc) is 3.10. The standard InChI is InChI=1S/C26H20ClNO5/c1-32-19-8-5-15(6-9-19)11-12-28-23(16-3-2-4-18(29)13-16)22-24(30)20-14-17(27)7-10-21(20)33-25(22)26(28)31/h2-10,13-14,23,29H,11-12H2,1H3/t23-/m1/s1. The summed E-state index contributed by atoms with van der Waals surface area (Å²) >= 11 is 6.11. The average molecular weight is 462 g/mol. The fraction of sp³-hybridized carbons (Fsp3) is 0.154. The van der Waals surface area contributed by atoms with E-state index in [4.69, 9.17) is 20.8 Å². The Kier molecular flexibility index (Phi) is 5.30. The van der Waals surface area contributed by atoms with Crippen LogP contribution in [0.3, 0.4) is 0 Å². The fourth-order valence-corrected chi connectivity index (χ4v) is 4.48. The molecule has 0 radical (unpaired) electrons. The minimum atomic E-state index is -0.683. The lowest BCUT2D eigenvalue weighted by Crippen LogP contribution is -2.31. The Hall–Kier alpha value is -3.77. The highest BCUT2D eigenvalue weighted by Gasteiger charge is 2.42. The molecule has 33 heavy (non-hydrogen) atoms. The Balaban J connectivity index is 1.61. The summed E-state index contributed by atoms with van der Waals surface area (Å²) in [7, 11) is 1.61. The molecular weight excluding hydrogens is 442 g/mol. The van der Waals surface area contributed by atoms with Crippen molar-refractivity contribution in [1.82, 2.24) is 4.90 Å². The van der Waals surface area contributed by atoms with Gasteiger partial charge in [-0.25, -0.2) is 0 Å². The third kappa shape index (κ3) is 3.72. The lowest BCUT2D eigenvalue weighted by atomic mass is 9.98. The van der Waals surface area contributed by atoms with Crippen LogP contribution >= 0.6 is 11.6 Å². The smallest absolute Gasteiger partial charge is 0.290 e. The van der Waals surface area contributed by atoms with Gasteiger partial charge in [0.1, 0.15) is 17.1 Å². The number of rotatable bonds is 5. The molecular formula is C26H20ClNO5. The lowest BCUT2D eigenvalue weighted by molar-refractivity contribution is 0.0730. The zero-order valence-corrected chi connectivity index (χ0v) is 18.5. The normalized spacial score (nSPS) is 15.2. The number of hydrogen-bond acceptors (Lipinski definition) is 5. The van der Waals surface area contributed by atoms with E-state index in [9.17, 15) is 14.7 Å². The number of fused-ring (bicyclic) bond motifs is 2. The van der Waals surface area contributed by atoms with Crippen LogP contribution in [0.2, 0.25) is 5.02 Å². The number of nitrogens with zero attached hydrogens (tertiary/aromatic N) is 1. The number of methoxy groups -OCH3 is 1. The number of benzene rings is 3. The summed E-state index contributed by atoms with van der Waals surface area (Å²) in [6.07, 6.45) is 0.568. The molecule has 0 unspecified atom stereocenters. The van der Waals surface area contributed by atoms with E-state index in [0.717, 1.165) is 11.3 Å². The molecule has 0 bridgehead atoms. The Morgan fingerprint density at radius 1 is 1.06 bits per heavy atom. The van der Waals surface area contributed by atoms with Gasteiger partial charge in [0.05, 0.1) is 24.1 Å². The van der Waals surface area contributed by atoms with Crippen LogP contribution in [-0.2, 0) is 6.42 Å². The molecule has 1 atom stereocenters. The van der Waals surface area contributed by atoms with Crippen molar-refractivity contribution >= 4 is 28.5 Å². The van der Waals surface area contributed by atoms with E-state index >= 15 is 0 Å². The van der Waals surface area contributed by atoms with Gasteiger partial charge in [0.15, 0.2) is 5.43 Å². The number of carbonyl (C=O) groups is 1. The van der Waals surface area contributed by atoms with E-state index in [2.05, 4.69) is 0 Å². The molecule has 5 rings (SSSR count). The maximum Gasteiger partial charge on any atom is 0.290 e. The maximum atomic E-state index is 13.5.